The maximum absolute atomic E-state index is 12.0. The third kappa shape index (κ3) is 2.89. The Morgan fingerprint density at radius 2 is 2.25 bits per heavy atom. The molecule has 0 aromatic heterocycles. The molecule has 4 nitrogen and oxygen atoms in total. The van der Waals surface area contributed by atoms with Gasteiger partial charge >= 0.3 is 0 Å². The molecule has 102 valence electrons. The fourth-order valence-electron chi connectivity index (χ4n) is 1.65. The molecule has 0 bridgehead atoms. The van der Waals surface area contributed by atoms with Crippen LogP contribution in [0.2, 0.25) is 0 Å². The summed E-state index contributed by atoms with van der Waals surface area (Å²) in [5.74, 6) is 2.64. The van der Waals surface area contributed by atoms with Gasteiger partial charge in [0.25, 0.3) is 11.1 Å². The standard InChI is InChI=1S/C14H10BrNO3S/c1-3-6-16-13(17)12(20-14(16)18)8-9-4-5-11(19-2)10(15)7-9/h1,4-5,7-8H,6H2,2H3/b12-8-. The number of carbonyl (C=O) groups excluding carboxylic acids is 2. The van der Waals surface area contributed by atoms with Crippen LogP contribution in [0.1, 0.15) is 5.56 Å². The van der Waals surface area contributed by atoms with Crippen molar-refractivity contribution in [3.8, 4) is 18.1 Å². The first kappa shape index (κ1) is 14.7. The van der Waals surface area contributed by atoms with E-state index in [2.05, 4.69) is 21.9 Å². The average Bonchev–Trinajstić information content (AvgIpc) is 2.67. The minimum absolute atomic E-state index is 0.00564. The van der Waals surface area contributed by atoms with Crippen LogP contribution in [-0.2, 0) is 4.79 Å². The second kappa shape index (κ2) is 6.16. The highest BCUT2D eigenvalue weighted by Gasteiger charge is 2.34. The first-order valence-corrected chi connectivity index (χ1v) is 7.20. The third-order valence-corrected chi connectivity index (χ3v) is 4.12. The lowest BCUT2D eigenvalue weighted by Gasteiger charge is -2.06. The third-order valence-electron chi connectivity index (χ3n) is 2.60. The number of hydrogen-bond acceptors (Lipinski definition) is 4. The first-order valence-electron chi connectivity index (χ1n) is 5.59. The van der Waals surface area contributed by atoms with Crippen LogP contribution < -0.4 is 4.74 Å². The van der Waals surface area contributed by atoms with Crippen molar-refractivity contribution in [2.75, 3.05) is 13.7 Å². The van der Waals surface area contributed by atoms with E-state index in [1.165, 1.54) is 0 Å². The molecule has 6 heteroatoms. The van der Waals surface area contributed by atoms with Crippen LogP contribution in [0.4, 0.5) is 4.79 Å². The molecule has 1 aliphatic rings. The first-order chi connectivity index (χ1) is 9.56. The van der Waals surface area contributed by atoms with Crippen molar-refractivity contribution in [3.63, 3.8) is 0 Å². The minimum atomic E-state index is -0.357. The molecule has 1 heterocycles. The van der Waals surface area contributed by atoms with Gasteiger partial charge < -0.3 is 4.74 Å². The van der Waals surface area contributed by atoms with Crippen LogP contribution in [0.25, 0.3) is 6.08 Å². The molecule has 0 aliphatic carbocycles. The van der Waals surface area contributed by atoms with Crippen LogP contribution in [0.5, 0.6) is 5.75 Å². The summed E-state index contributed by atoms with van der Waals surface area (Å²) in [5.41, 5.74) is 0.795. The smallest absolute Gasteiger partial charge is 0.294 e. The molecule has 20 heavy (non-hydrogen) atoms. The average molecular weight is 352 g/mol. The molecule has 0 atom stereocenters. The minimum Gasteiger partial charge on any atom is -0.496 e. The molecule has 1 aromatic carbocycles. The Morgan fingerprint density at radius 3 is 2.85 bits per heavy atom. The Morgan fingerprint density at radius 1 is 1.50 bits per heavy atom. The molecular formula is C14H10BrNO3S. The van der Waals surface area contributed by atoms with Crippen molar-refractivity contribution in [3.05, 3.63) is 33.1 Å². The summed E-state index contributed by atoms with van der Waals surface area (Å²) in [4.78, 5) is 25.1. The zero-order valence-corrected chi connectivity index (χ0v) is 13.0. The largest absolute Gasteiger partial charge is 0.496 e. The molecule has 1 fully saturated rings. The molecule has 2 rings (SSSR count). The van der Waals surface area contributed by atoms with Crippen molar-refractivity contribution < 1.29 is 14.3 Å². The van der Waals surface area contributed by atoms with Gasteiger partial charge in [0.2, 0.25) is 0 Å². The SMILES string of the molecule is C#CCN1C(=O)S/C(=C\c2ccc(OC)c(Br)c2)C1=O. The fourth-order valence-corrected chi connectivity index (χ4v) is 3.05. The number of carbonyl (C=O) groups is 2. The highest BCUT2D eigenvalue weighted by Crippen LogP contribution is 2.33. The van der Waals surface area contributed by atoms with E-state index in [4.69, 9.17) is 11.2 Å². The number of amides is 2. The number of rotatable bonds is 3. The number of thioether (sulfide) groups is 1. The van der Waals surface area contributed by atoms with E-state index in [1.807, 2.05) is 6.07 Å². The highest BCUT2D eigenvalue weighted by molar-refractivity contribution is 9.10. The number of hydrogen-bond donors (Lipinski definition) is 0. The molecule has 1 aromatic rings. The van der Waals surface area contributed by atoms with E-state index in [0.29, 0.717) is 10.7 Å². The van der Waals surface area contributed by atoms with Gasteiger partial charge in [-0.3, -0.25) is 14.5 Å². The normalized spacial score (nSPS) is 16.6. The number of halogens is 1. The highest BCUT2D eigenvalue weighted by atomic mass is 79.9. The zero-order valence-electron chi connectivity index (χ0n) is 10.6. The van der Waals surface area contributed by atoms with Crippen LogP contribution in [0.3, 0.4) is 0 Å². The molecular weight excluding hydrogens is 342 g/mol. The summed E-state index contributed by atoms with van der Waals surface area (Å²) < 4.78 is 5.91. The van der Waals surface area contributed by atoms with Crippen molar-refractivity contribution in [1.29, 1.82) is 0 Å². The van der Waals surface area contributed by atoms with Gasteiger partial charge in [-0.15, -0.1) is 6.42 Å². The Balaban J connectivity index is 2.28. The van der Waals surface area contributed by atoms with Gasteiger partial charge in [-0.05, 0) is 51.5 Å². The molecule has 0 spiro atoms. The molecule has 1 saturated heterocycles. The second-order valence-electron chi connectivity index (χ2n) is 3.87. The van der Waals surface area contributed by atoms with Gasteiger partial charge in [0.05, 0.1) is 23.0 Å². The van der Waals surface area contributed by atoms with Crippen LogP contribution in [0, 0.1) is 12.3 Å². The molecule has 0 N–H and O–H groups in total. The fraction of sp³-hybridized carbons (Fsp3) is 0.143. The Kier molecular flexibility index (Phi) is 4.53. The van der Waals surface area contributed by atoms with Crippen LogP contribution >= 0.6 is 27.7 Å². The number of benzene rings is 1. The number of nitrogens with zero attached hydrogens (tertiary/aromatic N) is 1. The molecule has 0 unspecified atom stereocenters. The Bertz CT molecular complexity index is 648. The van der Waals surface area contributed by atoms with Gasteiger partial charge in [0.1, 0.15) is 5.75 Å². The molecule has 0 radical (unpaired) electrons. The van der Waals surface area contributed by atoms with Gasteiger partial charge in [-0.2, -0.15) is 0 Å². The Hall–Kier alpha value is -1.71. The van der Waals surface area contributed by atoms with Crippen molar-refractivity contribution in [1.82, 2.24) is 4.90 Å². The maximum Gasteiger partial charge on any atom is 0.294 e. The van der Waals surface area contributed by atoms with E-state index in [9.17, 15) is 9.59 Å². The maximum atomic E-state index is 12.0. The van der Waals surface area contributed by atoms with Gasteiger partial charge in [0, 0.05) is 0 Å². The summed E-state index contributed by atoms with van der Waals surface area (Å²) >= 11 is 4.26. The van der Waals surface area contributed by atoms with Gasteiger partial charge in [-0.25, -0.2) is 0 Å². The van der Waals surface area contributed by atoms with Crippen LogP contribution in [-0.4, -0.2) is 29.7 Å². The second-order valence-corrected chi connectivity index (χ2v) is 5.71. The summed E-state index contributed by atoms with van der Waals surface area (Å²) in [6.07, 6.45) is 6.80. The van der Waals surface area contributed by atoms with Crippen molar-refractivity contribution in [2.24, 2.45) is 0 Å². The number of terminal acetylenes is 1. The van der Waals surface area contributed by atoms with Gasteiger partial charge in [-0.1, -0.05) is 12.0 Å². The lowest BCUT2D eigenvalue weighted by molar-refractivity contribution is -0.122. The van der Waals surface area contributed by atoms with E-state index < -0.39 is 0 Å². The van der Waals surface area contributed by atoms with Crippen LogP contribution in [0.15, 0.2) is 27.6 Å². The summed E-state index contributed by atoms with van der Waals surface area (Å²) in [6, 6.07) is 5.40. The number of methoxy groups -OCH3 is 1. The zero-order chi connectivity index (χ0) is 14.7. The predicted octanol–water partition coefficient (Wildman–Crippen LogP) is 3.13. The Labute approximate surface area is 129 Å². The van der Waals surface area contributed by atoms with E-state index in [1.54, 1.807) is 25.3 Å². The van der Waals surface area contributed by atoms with Crippen molar-refractivity contribution >= 4 is 44.9 Å². The molecule has 1 aliphatic heterocycles. The van der Waals surface area contributed by atoms with Crippen molar-refractivity contribution in [2.45, 2.75) is 0 Å². The topological polar surface area (TPSA) is 46.6 Å². The quantitative estimate of drug-likeness (QED) is 0.620. The summed E-state index contributed by atoms with van der Waals surface area (Å²) in [7, 11) is 1.57. The lowest BCUT2D eigenvalue weighted by Crippen LogP contribution is -2.28. The summed E-state index contributed by atoms with van der Waals surface area (Å²) in [6.45, 7) is -0.00564. The number of imide groups is 1. The van der Waals surface area contributed by atoms with E-state index >= 15 is 0 Å². The van der Waals surface area contributed by atoms with Gasteiger partial charge in [0.15, 0.2) is 0 Å². The molecule has 0 saturated carbocycles. The monoisotopic (exact) mass is 351 g/mol. The predicted molar refractivity (Wildman–Crippen MR) is 82.2 cm³/mol. The lowest BCUT2D eigenvalue weighted by atomic mass is 10.2. The summed E-state index contributed by atoms with van der Waals surface area (Å²) in [5, 5.41) is -0.341. The van der Waals surface area contributed by atoms with E-state index in [-0.39, 0.29) is 17.7 Å². The van der Waals surface area contributed by atoms with E-state index in [0.717, 1.165) is 26.7 Å². The molecule has 2 amide bonds. The number of ether oxygens (including phenoxy) is 1.